The summed E-state index contributed by atoms with van der Waals surface area (Å²) in [6.45, 7) is 2.89. The molecule has 0 spiro atoms. The molecule has 2 N–H and O–H groups in total. The van der Waals surface area contributed by atoms with Crippen LogP contribution in [0.2, 0.25) is 5.02 Å². The number of amides is 1. The molecule has 1 fully saturated rings. The van der Waals surface area contributed by atoms with Gasteiger partial charge >= 0.3 is 0 Å². The summed E-state index contributed by atoms with van der Waals surface area (Å²) in [6.07, 6.45) is 1.48. The highest BCUT2D eigenvalue weighted by Gasteiger charge is 2.29. The molecule has 2 aromatic carbocycles. The van der Waals surface area contributed by atoms with Crippen molar-refractivity contribution in [2.24, 2.45) is 10.9 Å². The minimum Gasteiger partial charge on any atom is -0.356 e. The fourth-order valence-electron chi connectivity index (χ4n) is 3.40. The Kier molecular flexibility index (Phi) is 7.31. The monoisotopic (exact) mass is 398 g/mol. The van der Waals surface area contributed by atoms with Crippen molar-refractivity contribution in [3.63, 3.8) is 0 Å². The van der Waals surface area contributed by atoms with Gasteiger partial charge in [0.05, 0.1) is 0 Å². The number of nitrogens with zero attached hydrogens (tertiary/aromatic N) is 2. The van der Waals surface area contributed by atoms with E-state index in [4.69, 9.17) is 11.6 Å². The summed E-state index contributed by atoms with van der Waals surface area (Å²) in [5.74, 6) is 1.25. The van der Waals surface area contributed by atoms with Gasteiger partial charge in [-0.15, -0.1) is 0 Å². The van der Waals surface area contributed by atoms with Crippen molar-refractivity contribution in [1.29, 1.82) is 0 Å². The third kappa shape index (κ3) is 5.73. The van der Waals surface area contributed by atoms with Crippen molar-refractivity contribution in [2.75, 3.05) is 26.7 Å². The molecule has 1 saturated heterocycles. The van der Waals surface area contributed by atoms with Gasteiger partial charge in [0.1, 0.15) is 0 Å². The second kappa shape index (κ2) is 10.1. The van der Waals surface area contributed by atoms with E-state index in [-0.39, 0.29) is 5.91 Å². The highest BCUT2D eigenvalue weighted by atomic mass is 35.5. The van der Waals surface area contributed by atoms with Crippen molar-refractivity contribution in [1.82, 2.24) is 15.5 Å². The van der Waals surface area contributed by atoms with Crippen LogP contribution in [0.3, 0.4) is 0 Å². The van der Waals surface area contributed by atoms with Gasteiger partial charge in [-0.1, -0.05) is 60.1 Å². The summed E-state index contributed by atoms with van der Waals surface area (Å²) in [5, 5.41) is 7.35. The van der Waals surface area contributed by atoms with Crippen molar-refractivity contribution in [3.05, 3.63) is 70.7 Å². The maximum absolute atomic E-state index is 12.3. The molecule has 1 unspecified atom stereocenters. The van der Waals surface area contributed by atoms with E-state index in [1.807, 2.05) is 47.4 Å². The summed E-state index contributed by atoms with van der Waals surface area (Å²) in [5.41, 5.74) is 2.29. The molecule has 6 heteroatoms. The first-order chi connectivity index (χ1) is 13.7. The predicted molar refractivity (Wildman–Crippen MR) is 114 cm³/mol. The number of likely N-dealkylation sites (tertiary alicyclic amines) is 1. The van der Waals surface area contributed by atoms with Crippen LogP contribution in [0.25, 0.3) is 0 Å². The Hall–Kier alpha value is -2.53. The van der Waals surface area contributed by atoms with E-state index >= 15 is 0 Å². The summed E-state index contributed by atoms with van der Waals surface area (Å²) in [7, 11) is 1.74. The Morgan fingerprint density at radius 3 is 2.64 bits per heavy atom. The molecule has 3 rings (SSSR count). The fourth-order valence-corrected chi connectivity index (χ4v) is 3.60. The van der Waals surface area contributed by atoms with E-state index in [9.17, 15) is 4.79 Å². The minimum atomic E-state index is 0.238. The van der Waals surface area contributed by atoms with Gasteiger partial charge in [-0.05, 0) is 23.6 Å². The van der Waals surface area contributed by atoms with E-state index in [0.29, 0.717) is 18.9 Å². The average Bonchev–Trinajstić information content (AvgIpc) is 3.08. The number of carbonyl (C=O) groups excluding carboxylic acids is 1. The summed E-state index contributed by atoms with van der Waals surface area (Å²) in [4.78, 5) is 18.5. The maximum Gasteiger partial charge on any atom is 0.223 e. The second-order valence-corrected chi connectivity index (χ2v) is 7.45. The molecular formula is C22H27ClN4O. The van der Waals surface area contributed by atoms with E-state index < -0.39 is 0 Å². The first kappa shape index (κ1) is 20.2. The first-order valence-electron chi connectivity index (χ1n) is 9.65. The molecule has 0 radical (unpaired) electrons. The number of nitrogens with one attached hydrogen (secondary N) is 2. The minimum absolute atomic E-state index is 0.238. The zero-order chi connectivity index (χ0) is 19.8. The molecule has 28 heavy (non-hydrogen) atoms. The zero-order valence-corrected chi connectivity index (χ0v) is 17.0. The van der Waals surface area contributed by atoms with Gasteiger partial charge in [0.15, 0.2) is 5.96 Å². The highest BCUT2D eigenvalue weighted by molar-refractivity contribution is 6.31. The molecule has 0 saturated carbocycles. The van der Waals surface area contributed by atoms with Gasteiger partial charge in [-0.3, -0.25) is 9.79 Å². The number of aliphatic imine (C=N–C) groups is 1. The number of carbonyl (C=O) groups is 1. The molecule has 0 aromatic heterocycles. The van der Waals surface area contributed by atoms with E-state index in [2.05, 4.69) is 27.8 Å². The molecular weight excluding hydrogens is 372 g/mol. The van der Waals surface area contributed by atoms with Crippen LogP contribution in [-0.2, 0) is 17.8 Å². The van der Waals surface area contributed by atoms with Crippen LogP contribution in [0, 0.1) is 5.92 Å². The van der Waals surface area contributed by atoms with Gasteiger partial charge in [0, 0.05) is 50.6 Å². The van der Waals surface area contributed by atoms with Crippen molar-refractivity contribution >= 4 is 23.5 Å². The molecule has 1 amide bonds. The van der Waals surface area contributed by atoms with E-state index in [1.165, 1.54) is 5.56 Å². The van der Waals surface area contributed by atoms with Crippen LogP contribution in [-0.4, -0.2) is 43.4 Å². The lowest BCUT2D eigenvalue weighted by atomic mass is 10.1. The second-order valence-electron chi connectivity index (χ2n) is 7.04. The van der Waals surface area contributed by atoms with Gasteiger partial charge in [-0.25, -0.2) is 0 Å². The first-order valence-corrected chi connectivity index (χ1v) is 10.0. The molecule has 1 atom stereocenters. The lowest BCUT2D eigenvalue weighted by Crippen LogP contribution is -2.40. The topological polar surface area (TPSA) is 56.7 Å². The van der Waals surface area contributed by atoms with Crippen LogP contribution in [0.5, 0.6) is 0 Å². The molecule has 0 bridgehead atoms. The number of hydrogen-bond acceptors (Lipinski definition) is 2. The molecule has 1 aliphatic heterocycles. The number of rotatable bonds is 7. The molecule has 148 valence electrons. The Labute approximate surface area is 171 Å². The summed E-state index contributed by atoms with van der Waals surface area (Å²) in [6, 6.07) is 18.0. The number of hydrogen-bond donors (Lipinski definition) is 2. The molecule has 0 aliphatic carbocycles. The fraction of sp³-hybridized carbons (Fsp3) is 0.364. The largest absolute Gasteiger partial charge is 0.356 e. The van der Waals surface area contributed by atoms with Gasteiger partial charge in [0.2, 0.25) is 5.91 Å². The lowest BCUT2D eigenvalue weighted by molar-refractivity contribution is -0.127. The standard InChI is InChI=1S/C22H27ClN4O/c1-24-22(26-15-19-9-5-6-10-20(19)23)25-14-18-13-21(28)27(16-18)12-11-17-7-3-2-4-8-17/h2-10,18H,11-16H2,1H3,(H2,24,25,26). The van der Waals surface area contributed by atoms with Crippen LogP contribution in [0.1, 0.15) is 17.5 Å². The van der Waals surface area contributed by atoms with Gasteiger partial charge in [-0.2, -0.15) is 0 Å². The number of guanidine groups is 1. The van der Waals surface area contributed by atoms with Crippen LogP contribution in [0.15, 0.2) is 59.6 Å². The highest BCUT2D eigenvalue weighted by Crippen LogP contribution is 2.18. The molecule has 2 aromatic rings. The SMILES string of the molecule is CN=C(NCc1ccccc1Cl)NCC1CC(=O)N(CCc2ccccc2)C1. The molecule has 1 heterocycles. The Balaban J connectivity index is 1.42. The quantitative estimate of drug-likeness (QED) is 0.556. The predicted octanol–water partition coefficient (Wildman–Crippen LogP) is 3.10. The van der Waals surface area contributed by atoms with Crippen molar-refractivity contribution in [2.45, 2.75) is 19.4 Å². The van der Waals surface area contributed by atoms with Crippen molar-refractivity contribution in [3.8, 4) is 0 Å². The Morgan fingerprint density at radius 2 is 1.89 bits per heavy atom. The van der Waals surface area contributed by atoms with Crippen LogP contribution >= 0.6 is 11.6 Å². The number of halogens is 1. The van der Waals surface area contributed by atoms with Gasteiger partial charge in [0.25, 0.3) is 0 Å². The Bertz CT molecular complexity index is 809. The Morgan fingerprint density at radius 1 is 1.14 bits per heavy atom. The summed E-state index contributed by atoms with van der Waals surface area (Å²) < 4.78 is 0. The number of benzene rings is 2. The zero-order valence-electron chi connectivity index (χ0n) is 16.2. The molecule has 5 nitrogen and oxygen atoms in total. The smallest absolute Gasteiger partial charge is 0.223 e. The van der Waals surface area contributed by atoms with Crippen molar-refractivity contribution < 1.29 is 4.79 Å². The lowest BCUT2D eigenvalue weighted by Gasteiger charge is -2.18. The maximum atomic E-state index is 12.3. The normalized spacial score (nSPS) is 17.1. The van der Waals surface area contributed by atoms with Crippen LogP contribution < -0.4 is 10.6 Å². The van der Waals surface area contributed by atoms with E-state index in [0.717, 1.165) is 42.6 Å². The third-order valence-electron chi connectivity index (χ3n) is 4.99. The molecule has 1 aliphatic rings. The van der Waals surface area contributed by atoms with E-state index in [1.54, 1.807) is 7.05 Å². The van der Waals surface area contributed by atoms with Crippen LogP contribution in [0.4, 0.5) is 0 Å². The third-order valence-corrected chi connectivity index (χ3v) is 5.36. The van der Waals surface area contributed by atoms with Gasteiger partial charge < -0.3 is 15.5 Å². The summed E-state index contributed by atoms with van der Waals surface area (Å²) >= 11 is 6.19. The average molecular weight is 399 g/mol.